The maximum absolute atomic E-state index is 13.1. The van der Waals surface area contributed by atoms with E-state index in [1.54, 1.807) is 11.3 Å². The first kappa shape index (κ1) is 16.6. The molecule has 2 aliphatic heterocycles. The molecule has 0 radical (unpaired) electrons. The van der Waals surface area contributed by atoms with Gasteiger partial charge in [-0.3, -0.25) is 19.4 Å². The molecule has 3 aromatic heterocycles. The van der Waals surface area contributed by atoms with Gasteiger partial charge in [-0.15, -0.1) is 0 Å². The summed E-state index contributed by atoms with van der Waals surface area (Å²) in [6.45, 7) is 3.51. The molecular weight excluding hydrogens is 358 g/mol. The van der Waals surface area contributed by atoms with Crippen LogP contribution in [0, 0.1) is 0 Å². The van der Waals surface area contributed by atoms with Gasteiger partial charge in [0.05, 0.1) is 23.1 Å². The minimum absolute atomic E-state index is 0.0769. The average Bonchev–Trinajstić information content (AvgIpc) is 3.45. The van der Waals surface area contributed by atoms with E-state index in [0.717, 1.165) is 43.0 Å². The smallest absolute Gasteiger partial charge is 0.259 e. The number of fused-ring (bicyclic) bond motifs is 2. The summed E-state index contributed by atoms with van der Waals surface area (Å²) < 4.78 is 1.84. The van der Waals surface area contributed by atoms with Crippen LogP contribution in [0.5, 0.6) is 0 Å². The highest BCUT2D eigenvalue weighted by atomic mass is 32.1. The number of aryl methyl sites for hydroxylation is 1. The summed E-state index contributed by atoms with van der Waals surface area (Å²) in [6.07, 6.45) is 6.87. The van der Waals surface area contributed by atoms with Gasteiger partial charge in [-0.1, -0.05) is 0 Å². The second-order valence-electron chi connectivity index (χ2n) is 7.54. The van der Waals surface area contributed by atoms with Gasteiger partial charge in [-0.2, -0.15) is 16.4 Å². The first-order valence-corrected chi connectivity index (χ1v) is 10.1. The van der Waals surface area contributed by atoms with Crippen LogP contribution in [-0.4, -0.2) is 45.2 Å². The predicted octanol–water partition coefficient (Wildman–Crippen LogP) is 2.68. The SMILES string of the molecule is Cn1cc(CN2CCC3(C2)CN(C(=O)c2ccsc2)c2cccnc23)cn1. The summed E-state index contributed by atoms with van der Waals surface area (Å²) in [5, 5.41) is 8.15. The van der Waals surface area contributed by atoms with Crippen molar-refractivity contribution in [3.8, 4) is 0 Å². The van der Waals surface area contributed by atoms with Gasteiger partial charge in [0.15, 0.2) is 0 Å². The normalized spacial score (nSPS) is 21.9. The maximum Gasteiger partial charge on any atom is 0.259 e. The van der Waals surface area contributed by atoms with Crippen LogP contribution >= 0.6 is 11.3 Å². The minimum atomic E-state index is -0.0789. The number of carbonyl (C=O) groups excluding carboxylic acids is 1. The van der Waals surface area contributed by atoms with Gasteiger partial charge in [0.2, 0.25) is 0 Å². The van der Waals surface area contributed by atoms with E-state index < -0.39 is 0 Å². The van der Waals surface area contributed by atoms with Crippen molar-refractivity contribution in [2.75, 3.05) is 24.5 Å². The molecule has 5 heterocycles. The van der Waals surface area contributed by atoms with Crippen molar-refractivity contribution in [3.05, 3.63) is 64.4 Å². The zero-order chi connectivity index (χ0) is 18.4. The Labute approximate surface area is 162 Å². The van der Waals surface area contributed by atoms with Gasteiger partial charge in [0.1, 0.15) is 0 Å². The molecule has 138 valence electrons. The number of hydrogen-bond donors (Lipinski definition) is 0. The Bertz CT molecular complexity index is 982. The molecule has 0 N–H and O–H groups in total. The Morgan fingerprint density at radius 2 is 2.26 bits per heavy atom. The highest BCUT2D eigenvalue weighted by Crippen LogP contribution is 2.45. The van der Waals surface area contributed by atoms with Crippen LogP contribution in [-0.2, 0) is 19.0 Å². The fourth-order valence-corrected chi connectivity index (χ4v) is 5.07. The number of carbonyl (C=O) groups is 1. The van der Waals surface area contributed by atoms with Gasteiger partial charge >= 0.3 is 0 Å². The third-order valence-corrected chi connectivity index (χ3v) is 6.33. The number of aromatic nitrogens is 3. The van der Waals surface area contributed by atoms with E-state index in [9.17, 15) is 4.79 Å². The van der Waals surface area contributed by atoms with E-state index in [4.69, 9.17) is 4.98 Å². The Hall–Kier alpha value is -2.51. The summed E-state index contributed by atoms with van der Waals surface area (Å²) in [4.78, 5) is 22.2. The third kappa shape index (κ3) is 2.78. The highest BCUT2D eigenvalue weighted by Gasteiger charge is 2.49. The van der Waals surface area contributed by atoms with Gasteiger partial charge in [-0.05, 0) is 36.5 Å². The van der Waals surface area contributed by atoms with Crippen molar-refractivity contribution in [2.45, 2.75) is 18.4 Å². The lowest BCUT2D eigenvalue weighted by molar-refractivity contribution is 0.0985. The molecule has 1 amide bonds. The van der Waals surface area contributed by atoms with Crippen LogP contribution < -0.4 is 4.90 Å². The lowest BCUT2D eigenvalue weighted by Crippen LogP contribution is -2.39. The minimum Gasteiger partial charge on any atom is -0.305 e. The number of amides is 1. The Morgan fingerprint density at radius 1 is 1.33 bits per heavy atom. The van der Waals surface area contributed by atoms with Gasteiger partial charge < -0.3 is 4.90 Å². The fourth-order valence-electron chi connectivity index (χ4n) is 4.44. The summed E-state index contributed by atoms with van der Waals surface area (Å²) in [6, 6.07) is 5.86. The van der Waals surface area contributed by atoms with Gasteiger partial charge in [-0.25, -0.2) is 0 Å². The number of anilines is 1. The van der Waals surface area contributed by atoms with E-state index in [1.165, 1.54) is 5.56 Å². The Kier molecular flexibility index (Phi) is 3.87. The van der Waals surface area contributed by atoms with E-state index >= 15 is 0 Å². The first-order chi connectivity index (χ1) is 13.1. The summed E-state index contributed by atoms with van der Waals surface area (Å²) in [7, 11) is 1.94. The topological polar surface area (TPSA) is 54.3 Å². The zero-order valence-corrected chi connectivity index (χ0v) is 16.0. The summed E-state index contributed by atoms with van der Waals surface area (Å²) in [5.41, 5.74) is 3.95. The predicted molar refractivity (Wildman–Crippen MR) is 105 cm³/mol. The van der Waals surface area contributed by atoms with Crippen molar-refractivity contribution in [2.24, 2.45) is 7.05 Å². The lowest BCUT2D eigenvalue weighted by Gasteiger charge is -2.25. The van der Waals surface area contributed by atoms with Crippen molar-refractivity contribution in [1.29, 1.82) is 0 Å². The van der Waals surface area contributed by atoms with E-state index in [0.29, 0.717) is 6.54 Å². The second kappa shape index (κ2) is 6.28. The molecular formula is C20H21N5OS. The van der Waals surface area contributed by atoms with Crippen LogP contribution in [0.15, 0.2) is 47.5 Å². The molecule has 27 heavy (non-hydrogen) atoms. The number of likely N-dealkylation sites (tertiary alicyclic amines) is 1. The van der Waals surface area contributed by atoms with Crippen LogP contribution in [0.3, 0.4) is 0 Å². The zero-order valence-electron chi connectivity index (χ0n) is 15.2. The molecule has 7 heteroatoms. The molecule has 1 atom stereocenters. The van der Waals surface area contributed by atoms with E-state index in [-0.39, 0.29) is 11.3 Å². The van der Waals surface area contributed by atoms with Crippen LogP contribution in [0.2, 0.25) is 0 Å². The second-order valence-corrected chi connectivity index (χ2v) is 8.32. The lowest BCUT2D eigenvalue weighted by atomic mass is 9.85. The molecule has 0 bridgehead atoms. The van der Waals surface area contributed by atoms with Crippen molar-refractivity contribution >= 4 is 22.9 Å². The van der Waals surface area contributed by atoms with E-state index in [1.807, 2.05) is 58.0 Å². The number of hydrogen-bond acceptors (Lipinski definition) is 5. The van der Waals surface area contributed by atoms with Crippen molar-refractivity contribution in [3.63, 3.8) is 0 Å². The van der Waals surface area contributed by atoms with Gasteiger partial charge in [0, 0.05) is 55.4 Å². The molecule has 0 aliphatic carbocycles. The largest absolute Gasteiger partial charge is 0.305 e. The number of nitrogens with zero attached hydrogens (tertiary/aromatic N) is 5. The monoisotopic (exact) mass is 379 g/mol. The molecule has 1 saturated heterocycles. The van der Waals surface area contributed by atoms with Crippen molar-refractivity contribution in [1.82, 2.24) is 19.7 Å². The Morgan fingerprint density at radius 3 is 3.04 bits per heavy atom. The number of thiophene rings is 1. The van der Waals surface area contributed by atoms with Crippen LogP contribution in [0.4, 0.5) is 5.69 Å². The highest BCUT2D eigenvalue weighted by molar-refractivity contribution is 7.08. The standard InChI is InChI=1S/C20H21N5OS/c1-23-10-15(9-22-23)11-24-7-5-20(13-24)14-25(17-3-2-6-21-18(17)20)19(26)16-4-8-27-12-16/h2-4,6,8-10,12H,5,7,11,13-14H2,1H3. The molecule has 6 nitrogen and oxygen atoms in total. The van der Waals surface area contributed by atoms with E-state index in [2.05, 4.69) is 16.2 Å². The van der Waals surface area contributed by atoms with Crippen LogP contribution in [0.1, 0.15) is 28.0 Å². The van der Waals surface area contributed by atoms with Gasteiger partial charge in [0.25, 0.3) is 5.91 Å². The molecule has 1 unspecified atom stereocenters. The molecule has 2 aliphatic rings. The Balaban J connectivity index is 1.43. The number of pyridine rings is 1. The first-order valence-electron chi connectivity index (χ1n) is 9.14. The molecule has 3 aromatic rings. The third-order valence-electron chi connectivity index (χ3n) is 5.65. The van der Waals surface area contributed by atoms with Crippen LogP contribution in [0.25, 0.3) is 0 Å². The molecule has 0 saturated carbocycles. The average molecular weight is 379 g/mol. The quantitative estimate of drug-likeness (QED) is 0.702. The fraction of sp³-hybridized carbons (Fsp3) is 0.350. The molecule has 1 fully saturated rings. The maximum atomic E-state index is 13.1. The summed E-state index contributed by atoms with van der Waals surface area (Å²) in [5.74, 6) is 0.0769. The number of rotatable bonds is 3. The molecule has 5 rings (SSSR count). The molecule has 0 aromatic carbocycles. The van der Waals surface area contributed by atoms with Crippen molar-refractivity contribution < 1.29 is 4.79 Å². The molecule has 1 spiro atoms. The summed E-state index contributed by atoms with van der Waals surface area (Å²) >= 11 is 1.56.